The van der Waals surface area contributed by atoms with E-state index in [0.717, 1.165) is 31.2 Å². The molecule has 1 aliphatic carbocycles. The smallest absolute Gasteiger partial charge is 0.193 e. The summed E-state index contributed by atoms with van der Waals surface area (Å²) < 4.78 is 10.5. The molecule has 0 atom stereocenters. The predicted octanol–water partition coefficient (Wildman–Crippen LogP) is 3.70. The Kier molecular flexibility index (Phi) is 10.7. The van der Waals surface area contributed by atoms with E-state index in [9.17, 15) is 0 Å². The highest BCUT2D eigenvalue weighted by Gasteiger charge is 2.17. The van der Waals surface area contributed by atoms with Crippen LogP contribution in [0.1, 0.15) is 38.5 Å². The third-order valence-electron chi connectivity index (χ3n) is 4.81. The van der Waals surface area contributed by atoms with Gasteiger partial charge in [0.2, 0.25) is 0 Å². The first-order valence-corrected chi connectivity index (χ1v) is 9.13. The molecule has 0 amide bonds. The molecule has 1 aromatic rings. The van der Waals surface area contributed by atoms with Crippen molar-refractivity contribution in [3.8, 4) is 11.5 Å². The zero-order valence-corrected chi connectivity index (χ0v) is 18.5. The van der Waals surface area contributed by atoms with Gasteiger partial charge in [0, 0.05) is 24.3 Å². The summed E-state index contributed by atoms with van der Waals surface area (Å²) in [5.41, 5.74) is 6.81. The lowest BCUT2D eigenvalue weighted by Gasteiger charge is -2.30. The van der Waals surface area contributed by atoms with Crippen molar-refractivity contribution >= 4 is 35.6 Å². The normalized spacial score (nSPS) is 15.5. The monoisotopic (exact) mass is 476 g/mol. The third kappa shape index (κ3) is 7.19. The first-order chi connectivity index (χ1) is 12.1. The molecule has 1 fully saturated rings. The van der Waals surface area contributed by atoms with Crippen LogP contribution in [0.2, 0.25) is 0 Å². The maximum Gasteiger partial charge on any atom is 0.193 e. The van der Waals surface area contributed by atoms with Crippen molar-refractivity contribution in [1.29, 1.82) is 0 Å². The topological polar surface area (TPSA) is 72.1 Å². The minimum atomic E-state index is 0. The van der Waals surface area contributed by atoms with Crippen LogP contribution in [0, 0.1) is 0 Å². The molecule has 6 nitrogen and oxygen atoms in total. The van der Waals surface area contributed by atoms with Crippen molar-refractivity contribution < 1.29 is 9.47 Å². The Labute approximate surface area is 174 Å². The Balaban J connectivity index is 0.00000338. The largest absolute Gasteiger partial charge is 0.493 e. The molecular weight excluding hydrogens is 443 g/mol. The zero-order chi connectivity index (χ0) is 18.1. The highest BCUT2D eigenvalue weighted by molar-refractivity contribution is 14.0. The summed E-state index contributed by atoms with van der Waals surface area (Å²) in [6.07, 6.45) is 7.82. The van der Waals surface area contributed by atoms with Gasteiger partial charge in [-0.15, -0.1) is 24.0 Å². The van der Waals surface area contributed by atoms with Crippen LogP contribution in [0.15, 0.2) is 23.2 Å². The van der Waals surface area contributed by atoms with E-state index in [1.807, 2.05) is 18.2 Å². The molecule has 0 aliphatic heterocycles. The number of aliphatic imine (C=N–C) groups is 1. The molecule has 0 unspecified atom stereocenters. The highest BCUT2D eigenvalue weighted by Crippen LogP contribution is 2.29. The van der Waals surface area contributed by atoms with Crippen LogP contribution in [-0.4, -0.2) is 51.3 Å². The number of nitrogens with zero attached hydrogens (tertiary/aromatic N) is 2. The molecule has 2 rings (SSSR count). The van der Waals surface area contributed by atoms with Crippen LogP contribution in [0.25, 0.3) is 0 Å². The fraction of sp³-hybridized carbons (Fsp3) is 0.632. The van der Waals surface area contributed by atoms with Gasteiger partial charge in [-0.05, 0) is 45.0 Å². The number of benzene rings is 1. The van der Waals surface area contributed by atoms with Gasteiger partial charge in [0.15, 0.2) is 17.5 Å². The Morgan fingerprint density at radius 1 is 1.19 bits per heavy atom. The summed E-state index contributed by atoms with van der Waals surface area (Å²) in [7, 11) is 5.46. The summed E-state index contributed by atoms with van der Waals surface area (Å²) in [6.45, 7) is 1.79. The van der Waals surface area contributed by atoms with Crippen molar-refractivity contribution in [2.45, 2.75) is 44.6 Å². The molecule has 0 saturated heterocycles. The standard InChI is InChI=1S/C19H32N4O2.HI/c1-23(16-8-5-4-6-9-16)13-7-12-21-19(20)22-15-10-11-17(24-2)18(14-15)25-3;/h10-11,14,16H,4-9,12-13H2,1-3H3,(H3,20,21,22);1H. The van der Waals surface area contributed by atoms with Gasteiger partial charge in [-0.2, -0.15) is 0 Å². The molecule has 1 saturated carbocycles. The average Bonchev–Trinajstić information content (AvgIpc) is 2.65. The molecule has 0 bridgehead atoms. The number of nitrogens with one attached hydrogen (secondary N) is 1. The lowest BCUT2D eigenvalue weighted by Crippen LogP contribution is -2.34. The quantitative estimate of drug-likeness (QED) is 0.259. The van der Waals surface area contributed by atoms with Crippen LogP contribution < -0.4 is 20.5 Å². The van der Waals surface area contributed by atoms with E-state index in [2.05, 4.69) is 22.3 Å². The number of anilines is 1. The average molecular weight is 476 g/mol. The number of hydrogen-bond acceptors (Lipinski definition) is 4. The number of ether oxygens (including phenoxy) is 2. The Morgan fingerprint density at radius 3 is 2.54 bits per heavy atom. The van der Waals surface area contributed by atoms with Crippen molar-refractivity contribution in [3.63, 3.8) is 0 Å². The fourth-order valence-corrected chi connectivity index (χ4v) is 3.33. The second-order valence-electron chi connectivity index (χ2n) is 6.59. The number of hydrogen-bond donors (Lipinski definition) is 2. The maximum absolute atomic E-state index is 5.98. The molecule has 148 valence electrons. The summed E-state index contributed by atoms with van der Waals surface area (Å²) in [5, 5.41) is 3.10. The van der Waals surface area contributed by atoms with Crippen molar-refractivity contribution in [2.75, 3.05) is 39.7 Å². The van der Waals surface area contributed by atoms with Gasteiger partial charge in [-0.3, -0.25) is 4.99 Å². The van der Waals surface area contributed by atoms with Crippen LogP contribution in [-0.2, 0) is 0 Å². The summed E-state index contributed by atoms with van der Waals surface area (Å²) in [5.74, 6) is 1.77. The van der Waals surface area contributed by atoms with Gasteiger partial charge < -0.3 is 25.4 Å². The van der Waals surface area contributed by atoms with Gasteiger partial charge >= 0.3 is 0 Å². The van der Waals surface area contributed by atoms with E-state index < -0.39 is 0 Å². The SMILES string of the molecule is COc1ccc(NC(N)=NCCCN(C)C2CCCCC2)cc1OC.I. The summed E-state index contributed by atoms with van der Waals surface area (Å²) in [4.78, 5) is 6.90. The number of rotatable bonds is 8. The fourth-order valence-electron chi connectivity index (χ4n) is 3.33. The van der Waals surface area contributed by atoms with Crippen LogP contribution in [0.3, 0.4) is 0 Å². The van der Waals surface area contributed by atoms with Crippen LogP contribution in [0.5, 0.6) is 11.5 Å². The number of nitrogens with two attached hydrogens (primary N) is 1. The molecule has 0 spiro atoms. The number of guanidine groups is 1. The van der Waals surface area contributed by atoms with E-state index in [1.165, 1.54) is 32.1 Å². The van der Waals surface area contributed by atoms with Crippen LogP contribution >= 0.6 is 24.0 Å². The molecule has 0 aromatic heterocycles. The Morgan fingerprint density at radius 2 is 1.88 bits per heavy atom. The first kappa shape index (κ1) is 22.8. The minimum Gasteiger partial charge on any atom is -0.493 e. The van der Waals surface area contributed by atoms with Gasteiger partial charge in [0.25, 0.3) is 0 Å². The molecule has 26 heavy (non-hydrogen) atoms. The van der Waals surface area contributed by atoms with Crippen molar-refractivity contribution in [3.05, 3.63) is 18.2 Å². The second-order valence-corrected chi connectivity index (χ2v) is 6.59. The van der Waals surface area contributed by atoms with E-state index in [1.54, 1.807) is 14.2 Å². The second kappa shape index (κ2) is 12.2. The molecule has 7 heteroatoms. The van der Waals surface area contributed by atoms with Gasteiger partial charge in [-0.25, -0.2) is 0 Å². The summed E-state index contributed by atoms with van der Waals surface area (Å²) in [6, 6.07) is 6.33. The molecule has 0 radical (unpaired) electrons. The number of methoxy groups -OCH3 is 2. The van der Waals surface area contributed by atoms with E-state index >= 15 is 0 Å². The minimum absolute atomic E-state index is 0. The molecular formula is C19H33IN4O2. The zero-order valence-electron chi connectivity index (χ0n) is 16.2. The lowest BCUT2D eigenvalue weighted by atomic mass is 9.94. The van der Waals surface area contributed by atoms with Gasteiger partial charge in [0.05, 0.1) is 14.2 Å². The first-order valence-electron chi connectivity index (χ1n) is 9.13. The van der Waals surface area contributed by atoms with Crippen LogP contribution in [0.4, 0.5) is 5.69 Å². The van der Waals surface area contributed by atoms with Crippen molar-refractivity contribution in [2.24, 2.45) is 10.7 Å². The van der Waals surface area contributed by atoms with E-state index in [-0.39, 0.29) is 24.0 Å². The van der Waals surface area contributed by atoms with Gasteiger partial charge in [-0.1, -0.05) is 19.3 Å². The molecule has 3 N–H and O–H groups in total. The number of halogens is 1. The Hall–Kier alpha value is -1.22. The highest BCUT2D eigenvalue weighted by atomic mass is 127. The summed E-state index contributed by atoms with van der Waals surface area (Å²) >= 11 is 0. The molecule has 0 heterocycles. The van der Waals surface area contributed by atoms with E-state index in [4.69, 9.17) is 15.2 Å². The third-order valence-corrected chi connectivity index (χ3v) is 4.81. The van der Waals surface area contributed by atoms with Gasteiger partial charge in [0.1, 0.15) is 0 Å². The van der Waals surface area contributed by atoms with E-state index in [0.29, 0.717) is 17.5 Å². The molecule has 1 aliphatic rings. The molecule has 1 aromatic carbocycles. The predicted molar refractivity (Wildman–Crippen MR) is 119 cm³/mol. The lowest BCUT2D eigenvalue weighted by molar-refractivity contribution is 0.191. The Bertz CT molecular complexity index is 562. The maximum atomic E-state index is 5.98. The van der Waals surface area contributed by atoms with Crippen molar-refractivity contribution in [1.82, 2.24) is 4.90 Å².